The molecule has 4 heteroatoms. The van der Waals surface area contributed by atoms with E-state index in [1.54, 1.807) is 28.1 Å². The van der Waals surface area contributed by atoms with Gasteiger partial charge in [0.25, 0.3) is 0 Å². The van der Waals surface area contributed by atoms with Gasteiger partial charge in [0.1, 0.15) is 0 Å². The smallest absolute Gasteiger partial charge is 0.167 e. The minimum atomic E-state index is -0.987. The van der Waals surface area contributed by atoms with Crippen LogP contribution < -0.4 is 9.47 Å². The maximum atomic E-state index is 10.3. The number of rotatable bonds is 3. The van der Waals surface area contributed by atoms with Gasteiger partial charge in [-0.2, -0.15) is 0 Å². The molecule has 0 aliphatic rings. The zero-order valence-corrected chi connectivity index (χ0v) is 12.7. The molecule has 0 unspecified atom stereocenters. The molecular weight excluding hydrogens is 284 g/mol. The number of benzene rings is 1. The fourth-order valence-electron chi connectivity index (χ4n) is 2.12. The van der Waals surface area contributed by atoms with Crippen LogP contribution in [0.3, 0.4) is 0 Å². The maximum absolute atomic E-state index is 10.3. The number of hydrogen-bond donors (Lipinski definition) is 1. The Morgan fingerprint density at radius 2 is 1.47 bits per heavy atom. The van der Waals surface area contributed by atoms with E-state index >= 15 is 0 Å². The molecule has 1 aromatic carbocycles. The second-order valence-corrected chi connectivity index (χ2v) is 5.36. The van der Waals surface area contributed by atoms with Crippen molar-refractivity contribution in [2.24, 2.45) is 0 Å². The van der Waals surface area contributed by atoms with Crippen LogP contribution in [-0.2, 0) is 5.60 Å². The minimum Gasteiger partial charge on any atom is -0.493 e. The summed E-state index contributed by atoms with van der Waals surface area (Å²) in [5.41, 5.74) is 1.69. The summed E-state index contributed by atoms with van der Waals surface area (Å²) in [5, 5.41) is 10.3. The number of methoxy groups -OCH3 is 2. The molecule has 0 spiro atoms. The van der Waals surface area contributed by atoms with E-state index in [0.717, 1.165) is 21.2 Å². The van der Waals surface area contributed by atoms with Gasteiger partial charge in [0.15, 0.2) is 11.5 Å². The fourth-order valence-corrected chi connectivity index (χ4v) is 2.50. The first kappa shape index (κ1) is 14.3. The lowest BCUT2D eigenvalue weighted by molar-refractivity contribution is 0.0743. The monoisotopic (exact) mass is 302 g/mol. The molecule has 1 N–H and O–H groups in total. The third-order valence-corrected chi connectivity index (χ3v) is 4.02. The molecule has 1 rings (SSSR count). The molecule has 0 bridgehead atoms. The molecule has 0 amide bonds. The Balaban J connectivity index is 3.75. The lowest BCUT2D eigenvalue weighted by Gasteiger charge is -2.26. The summed E-state index contributed by atoms with van der Waals surface area (Å²) in [6.45, 7) is 7.37. The zero-order chi connectivity index (χ0) is 13.4. The topological polar surface area (TPSA) is 38.7 Å². The van der Waals surface area contributed by atoms with Crippen LogP contribution in [0.15, 0.2) is 4.47 Å². The van der Waals surface area contributed by atoms with Crippen LogP contribution >= 0.6 is 15.9 Å². The molecule has 0 saturated carbocycles. The van der Waals surface area contributed by atoms with Crippen LogP contribution in [0, 0.1) is 13.8 Å². The van der Waals surface area contributed by atoms with Crippen molar-refractivity contribution in [2.45, 2.75) is 33.3 Å². The molecule has 0 aliphatic heterocycles. The van der Waals surface area contributed by atoms with E-state index in [1.807, 2.05) is 13.8 Å². The van der Waals surface area contributed by atoms with Gasteiger partial charge < -0.3 is 14.6 Å². The standard InChI is InChI=1S/C13H19BrO3/c1-7-9(13(3,4)15)12(17-6)11(16-5)8(2)10(7)14/h15H,1-6H3. The summed E-state index contributed by atoms with van der Waals surface area (Å²) in [4.78, 5) is 0. The molecule has 0 heterocycles. The molecule has 3 nitrogen and oxygen atoms in total. The largest absolute Gasteiger partial charge is 0.493 e. The summed E-state index contributed by atoms with van der Waals surface area (Å²) in [7, 11) is 3.18. The molecule has 1 aromatic rings. The van der Waals surface area contributed by atoms with Crippen LogP contribution in [-0.4, -0.2) is 19.3 Å². The van der Waals surface area contributed by atoms with E-state index < -0.39 is 5.60 Å². The molecule has 96 valence electrons. The van der Waals surface area contributed by atoms with Crippen LogP contribution in [0.25, 0.3) is 0 Å². The molecular formula is C13H19BrO3. The Kier molecular flexibility index (Phi) is 4.10. The Labute approximate surface area is 111 Å². The van der Waals surface area contributed by atoms with Crippen molar-refractivity contribution in [3.63, 3.8) is 0 Å². The Bertz CT molecular complexity index is 434. The van der Waals surface area contributed by atoms with E-state index in [0.29, 0.717) is 11.5 Å². The van der Waals surface area contributed by atoms with Crippen molar-refractivity contribution in [3.05, 3.63) is 21.2 Å². The van der Waals surface area contributed by atoms with Crippen molar-refractivity contribution in [3.8, 4) is 11.5 Å². The quantitative estimate of drug-likeness (QED) is 0.931. The fraction of sp³-hybridized carbons (Fsp3) is 0.538. The Morgan fingerprint density at radius 3 is 1.82 bits per heavy atom. The summed E-state index contributed by atoms with van der Waals surface area (Å²) >= 11 is 3.53. The first-order valence-electron chi connectivity index (χ1n) is 5.39. The summed E-state index contributed by atoms with van der Waals surface area (Å²) in [6, 6.07) is 0. The van der Waals surface area contributed by atoms with E-state index in [9.17, 15) is 5.11 Å². The number of hydrogen-bond acceptors (Lipinski definition) is 3. The maximum Gasteiger partial charge on any atom is 0.167 e. The second-order valence-electron chi connectivity index (χ2n) is 4.56. The predicted molar refractivity (Wildman–Crippen MR) is 72.0 cm³/mol. The van der Waals surface area contributed by atoms with Gasteiger partial charge in [0.05, 0.1) is 19.8 Å². The average Bonchev–Trinajstić information content (AvgIpc) is 2.23. The highest BCUT2D eigenvalue weighted by molar-refractivity contribution is 9.10. The first-order chi connectivity index (χ1) is 7.75. The Morgan fingerprint density at radius 1 is 1.00 bits per heavy atom. The van der Waals surface area contributed by atoms with Crippen LogP contribution in [0.4, 0.5) is 0 Å². The summed E-state index contributed by atoms with van der Waals surface area (Å²) in [5.74, 6) is 1.25. The van der Waals surface area contributed by atoms with Crippen LogP contribution in [0.1, 0.15) is 30.5 Å². The van der Waals surface area contributed by atoms with Gasteiger partial charge in [0, 0.05) is 15.6 Å². The van der Waals surface area contributed by atoms with Gasteiger partial charge >= 0.3 is 0 Å². The van der Waals surface area contributed by atoms with Gasteiger partial charge in [-0.3, -0.25) is 0 Å². The third-order valence-electron chi connectivity index (χ3n) is 2.83. The number of halogens is 1. The lowest BCUT2D eigenvalue weighted by atomic mass is 9.91. The van der Waals surface area contributed by atoms with Crippen LogP contribution in [0.2, 0.25) is 0 Å². The molecule has 0 radical (unpaired) electrons. The van der Waals surface area contributed by atoms with E-state index in [2.05, 4.69) is 15.9 Å². The SMILES string of the molecule is COc1c(C)c(Br)c(C)c(C(C)(C)O)c1OC. The van der Waals surface area contributed by atoms with Gasteiger partial charge in [-0.25, -0.2) is 0 Å². The van der Waals surface area contributed by atoms with Gasteiger partial charge in [0.2, 0.25) is 0 Å². The lowest BCUT2D eigenvalue weighted by Crippen LogP contribution is -2.19. The minimum absolute atomic E-state index is 0.596. The van der Waals surface area contributed by atoms with Gasteiger partial charge in [-0.05, 0) is 33.3 Å². The van der Waals surface area contributed by atoms with Crippen molar-refractivity contribution in [2.75, 3.05) is 14.2 Å². The average molecular weight is 303 g/mol. The highest BCUT2D eigenvalue weighted by atomic mass is 79.9. The summed E-state index contributed by atoms with van der Waals surface area (Å²) in [6.07, 6.45) is 0. The Hall–Kier alpha value is -0.740. The zero-order valence-electron chi connectivity index (χ0n) is 11.1. The highest BCUT2D eigenvalue weighted by Crippen LogP contribution is 2.45. The molecule has 0 aliphatic carbocycles. The predicted octanol–water partition coefficient (Wildman–Crippen LogP) is 3.31. The molecule has 0 saturated heterocycles. The number of ether oxygens (including phenoxy) is 2. The second kappa shape index (κ2) is 4.86. The van der Waals surface area contributed by atoms with E-state index in [1.165, 1.54) is 0 Å². The summed E-state index contributed by atoms with van der Waals surface area (Å²) < 4.78 is 11.7. The van der Waals surface area contributed by atoms with Gasteiger partial charge in [-0.15, -0.1) is 0 Å². The van der Waals surface area contributed by atoms with Gasteiger partial charge in [-0.1, -0.05) is 15.9 Å². The molecule has 0 aromatic heterocycles. The van der Waals surface area contributed by atoms with Crippen LogP contribution in [0.5, 0.6) is 11.5 Å². The van der Waals surface area contributed by atoms with Crippen molar-refractivity contribution in [1.29, 1.82) is 0 Å². The molecule has 0 fully saturated rings. The molecule has 17 heavy (non-hydrogen) atoms. The van der Waals surface area contributed by atoms with Crippen molar-refractivity contribution >= 4 is 15.9 Å². The highest BCUT2D eigenvalue weighted by Gasteiger charge is 2.29. The third kappa shape index (κ3) is 2.43. The van der Waals surface area contributed by atoms with E-state index in [4.69, 9.17) is 9.47 Å². The van der Waals surface area contributed by atoms with E-state index in [-0.39, 0.29) is 0 Å². The van der Waals surface area contributed by atoms with Crippen molar-refractivity contribution < 1.29 is 14.6 Å². The number of aliphatic hydroxyl groups is 1. The van der Waals surface area contributed by atoms with Crippen molar-refractivity contribution in [1.82, 2.24) is 0 Å². The molecule has 0 atom stereocenters. The first-order valence-corrected chi connectivity index (χ1v) is 6.18. The normalized spacial score (nSPS) is 11.5.